The lowest BCUT2D eigenvalue weighted by Crippen LogP contribution is -2.15. The number of rotatable bonds is 7. The third-order valence-corrected chi connectivity index (χ3v) is 5.48. The van der Waals surface area contributed by atoms with Gasteiger partial charge in [-0.05, 0) is 24.1 Å². The summed E-state index contributed by atoms with van der Waals surface area (Å²) in [5.41, 5.74) is 0.990. The number of halogens is 2. The van der Waals surface area contributed by atoms with Crippen LogP contribution in [-0.2, 0) is 12.2 Å². The molecular formula is C17H15ClFN5OS2. The quantitative estimate of drug-likeness (QED) is 0.441. The highest BCUT2D eigenvalue weighted by Gasteiger charge is 2.17. The van der Waals surface area contributed by atoms with E-state index < -0.39 is 5.91 Å². The van der Waals surface area contributed by atoms with Crippen molar-refractivity contribution in [3.05, 3.63) is 57.6 Å². The van der Waals surface area contributed by atoms with Crippen LogP contribution < -0.4 is 5.32 Å². The lowest BCUT2D eigenvalue weighted by molar-refractivity contribution is 0.102. The molecule has 3 aromatic rings. The highest BCUT2D eigenvalue weighted by molar-refractivity contribution is 7.98. The van der Waals surface area contributed by atoms with Gasteiger partial charge in [0.15, 0.2) is 10.9 Å². The number of amides is 1. The van der Waals surface area contributed by atoms with Crippen LogP contribution in [0.25, 0.3) is 0 Å². The molecule has 0 saturated carbocycles. The molecule has 0 aliphatic heterocycles. The Labute approximate surface area is 168 Å². The Morgan fingerprint density at radius 3 is 2.81 bits per heavy atom. The van der Waals surface area contributed by atoms with Crippen LogP contribution in [0.2, 0.25) is 5.02 Å². The first kappa shape index (κ1) is 19.7. The van der Waals surface area contributed by atoms with Gasteiger partial charge in [0.1, 0.15) is 10.8 Å². The first-order valence-corrected chi connectivity index (χ1v) is 10.3. The molecule has 0 aliphatic rings. The van der Waals surface area contributed by atoms with Gasteiger partial charge in [0.05, 0.1) is 11.2 Å². The topological polar surface area (TPSA) is 80.7 Å². The summed E-state index contributed by atoms with van der Waals surface area (Å²) in [5.74, 6) is -0.214. The molecule has 0 atom stereocenters. The SMILES string of the molecule is CCCc1nnc(NC(=O)c2nc(SCc3ccc(F)cc3)ncc2Cl)s1. The van der Waals surface area contributed by atoms with Gasteiger partial charge in [0.2, 0.25) is 5.13 Å². The summed E-state index contributed by atoms with van der Waals surface area (Å²) in [6.45, 7) is 2.05. The largest absolute Gasteiger partial charge is 0.295 e. The zero-order chi connectivity index (χ0) is 19.2. The summed E-state index contributed by atoms with van der Waals surface area (Å²) in [6.07, 6.45) is 3.15. The second-order valence-corrected chi connectivity index (χ2v) is 7.88. The third-order valence-electron chi connectivity index (χ3n) is 3.37. The Morgan fingerprint density at radius 1 is 1.30 bits per heavy atom. The minimum Gasteiger partial charge on any atom is -0.295 e. The number of carbonyl (C=O) groups excluding carboxylic acids is 1. The number of hydrogen-bond acceptors (Lipinski definition) is 7. The molecule has 140 valence electrons. The number of aromatic nitrogens is 4. The van der Waals surface area contributed by atoms with Gasteiger partial charge in [-0.2, -0.15) is 0 Å². The molecule has 3 rings (SSSR count). The van der Waals surface area contributed by atoms with E-state index in [1.165, 1.54) is 41.4 Å². The molecule has 0 bridgehead atoms. The molecule has 1 aromatic carbocycles. The van der Waals surface area contributed by atoms with Crippen LogP contribution in [0.1, 0.15) is 34.4 Å². The number of thioether (sulfide) groups is 1. The van der Waals surface area contributed by atoms with Crippen LogP contribution in [0.5, 0.6) is 0 Å². The number of nitrogens with one attached hydrogen (secondary N) is 1. The molecule has 10 heteroatoms. The highest BCUT2D eigenvalue weighted by atomic mass is 35.5. The summed E-state index contributed by atoms with van der Waals surface area (Å²) in [5, 5.41) is 12.4. The molecule has 0 spiro atoms. The van der Waals surface area contributed by atoms with E-state index in [1.54, 1.807) is 12.1 Å². The van der Waals surface area contributed by atoms with Crippen molar-refractivity contribution in [2.45, 2.75) is 30.7 Å². The van der Waals surface area contributed by atoms with Gasteiger partial charge in [0.25, 0.3) is 5.91 Å². The summed E-state index contributed by atoms with van der Waals surface area (Å²) in [6, 6.07) is 6.17. The zero-order valence-corrected chi connectivity index (χ0v) is 16.7. The predicted molar refractivity (Wildman–Crippen MR) is 105 cm³/mol. The third kappa shape index (κ3) is 5.44. The maximum Gasteiger partial charge on any atom is 0.277 e. The average molecular weight is 424 g/mol. The first-order chi connectivity index (χ1) is 13.0. The molecule has 0 aliphatic carbocycles. The second-order valence-electron chi connectivity index (χ2n) is 5.47. The van der Waals surface area contributed by atoms with Gasteiger partial charge in [-0.15, -0.1) is 10.2 Å². The molecule has 1 amide bonds. The standard InChI is InChI=1S/C17H15ClFN5OS2/c1-2-3-13-23-24-17(27-13)22-15(25)14-12(18)8-20-16(21-14)26-9-10-4-6-11(19)7-5-10/h4-8H,2-3,9H2,1H3,(H,22,24,25). The summed E-state index contributed by atoms with van der Waals surface area (Å²) < 4.78 is 13.0. The van der Waals surface area contributed by atoms with E-state index in [9.17, 15) is 9.18 Å². The van der Waals surface area contributed by atoms with Crippen molar-refractivity contribution in [1.82, 2.24) is 20.2 Å². The molecule has 0 fully saturated rings. The Balaban J connectivity index is 1.68. The van der Waals surface area contributed by atoms with Crippen LogP contribution in [0.15, 0.2) is 35.6 Å². The molecular weight excluding hydrogens is 409 g/mol. The fraction of sp³-hybridized carbons (Fsp3) is 0.235. The van der Waals surface area contributed by atoms with Crippen molar-refractivity contribution in [1.29, 1.82) is 0 Å². The predicted octanol–water partition coefficient (Wildman–Crippen LogP) is 4.62. The van der Waals surface area contributed by atoms with Gasteiger partial charge < -0.3 is 0 Å². The molecule has 27 heavy (non-hydrogen) atoms. The van der Waals surface area contributed by atoms with Crippen LogP contribution in [0, 0.1) is 5.82 Å². The fourth-order valence-corrected chi connectivity index (χ4v) is 3.87. The first-order valence-electron chi connectivity index (χ1n) is 8.08. The maximum absolute atomic E-state index is 13.0. The van der Waals surface area contributed by atoms with E-state index in [1.807, 2.05) is 6.92 Å². The molecule has 0 unspecified atom stereocenters. The van der Waals surface area contributed by atoms with E-state index in [4.69, 9.17) is 11.6 Å². The number of benzene rings is 1. The lowest BCUT2D eigenvalue weighted by Gasteiger charge is -2.05. The van der Waals surface area contributed by atoms with Crippen LogP contribution in [-0.4, -0.2) is 26.1 Å². The Bertz CT molecular complexity index is 935. The molecule has 6 nitrogen and oxygen atoms in total. The van der Waals surface area contributed by atoms with Gasteiger partial charge in [0, 0.05) is 12.2 Å². The van der Waals surface area contributed by atoms with E-state index in [-0.39, 0.29) is 16.5 Å². The molecule has 1 N–H and O–H groups in total. The minimum absolute atomic E-state index is 0.0699. The summed E-state index contributed by atoms with van der Waals surface area (Å²) in [7, 11) is 0. The van der Waals surface area contributed by atoms with Gasteiger partial charge >= 0.3 is 0 Å². The van der Waals surface area contributed by atoms with Crippen molar-refractivity contribution in [3.8, 4) is 0 Å². The maximum atomic E-state index is 13.0. The number of carbonyl (C=O) groups is 1. The summed E-state index contributed by atoms with van der Waals surface area (Å²) >= 11 is 8.73. The highest BCUT2D eigenvalue weighted by Crippen LogP contribution is 2.23. The number of hydrogen-bond donors (Lipinski definition) is 1. The van der Waals surface area contributed by atoms with E-state index in [0.717, 1.165) is 23.4 Å². The van der Waals surface area contributed by atoms with Crippen molar-refractivity contribution in [3.63, 3.8) is 0 Å². The van der Waals surface area contributed by atoms with Crippen LogP contribution >= 0.6 is 34.7 Å². The molecule has 2 aromatic heterocycles. The molecule has 2 heterocycles. The Morgan fingerprint density at radius 2 is 2.07 bits per heavy atom. The van der Waals surface area contributed by atoms with Gasteiger partial charge in [-0.25, -0.2) is 14.4 Å². The minimum atomic E-state index is -0.467. The summed E-state index contributed by atoms with van der Waals surface area (Å²) in [4.78, 5) is 20.8. The van der Waals surface area contributed by atoms with Crippen molar-refractivity contribution in [2.75, 3.05) is 5.32 Å². The van der Waals surface area contributed by atoms with Gasteiger partial charge in [-0.1, -0.05) is 53.8 Å². The second kappa shape index (κ2) is 9.20. The normalized spacial score (nSPS) is 10.8. The van der Waals surface area contributed by atoms with Crippen molar-refractivity contribution in [2.24, 2.45) is 0 Å². The lowest BCUT2D eigenvalue weighted by atomic mass is 10.2. The molecule has 0 saturated heterocycles. The van der Waals surface area contributed by atoms with Gasteiger partial charge in [-0.3, -0.25) is 10.1 Å². The van der Waals surface area contributed by atoms with E-state index in [2.05, 4.69) is 25.5 Å². The monoisotopic (exact) mass is 423 g/mol. The number of anilines is 1. The molecule has 0 radical (unpaired) electrons. The fourth-order valence-electron chi connectivity index (χ4n) is 2.08. The van der Waals surface area contributed by atoms with Crippen molar-refractivity contribution >= 4 is 45.7 Å². The zero-order valence-electron chi connectivity index (χ0n) is 14.3. The number of nitrogens with zero attached hydrogens (tertiary/aromatic N) is 4. The van der Waals surface area contributed by atoms with Crippen LogP contribution in [0.3, 0.4) is 0 Å². The van der Waals surface area contributed by atoms with E-state index in [0.29, 0.717) is 16.0 Å². The van der Waals surface area contributed by atoms with E-state index >= 15 is 0 Å². The van der Waals surface area contributed by atoms with Crippen LogP contribution in [0.4, 0.5) is 9.52 Å². The Kier molecular flexibility index (Phi) is 6.70. The Hall–Kier alpha value is -2.10. The smallest absolute Gasteiger partial charge is 0.277 e. The average Bonchev–Trinajstić information content (AvgIpc) is 3.09. The number of aryl methyl sites for hydroxylation is 1. The van der Waals surface area contributed by atoms with Crippen molar-refractivity contribution < 1.29 is 9.18 Å².